The van der Waals surface area contributed by atoms with Crippen molar-refractivity contribution >= 4 is 34.8 Å². The fraction of sp³-hybridized carbons (Fsp3) is 0.389. The molecule has 1 aliphatic heterocycles. The summed E-state index contributed by atoms with van der Waals surface area (Å²) in [6.07, 6.45) is 0.605. The summed E-state index contributed by atoms with van der Waals surface area (Å²) in [5.74, 6) is -0.699. The highest BCUT2D eigenvalue weighted by Crippen LogP contribution is 2.21. The zero-order valence-corrected chi connectivity index (χ0v) is 15.9. The van der Waals surface area contributed by atoms with Gasteiger partial charge in [-0.15, -0.1) is 11.3 Å². The van der Waals surface area contributed by atoms with Gasteiger partial charge in [0.2, 0.25) is 5.91 Å². The normalized spacial score (nSPS) is 15.0. The number of carbonyl (C=O) groups is 2. The molecule has 1 aromatic carbocycles. The van der Waals surface area contributed by atoms with Crippen LogP contribution in [-0.2, 0) is 11.2 Å². The summed E-state index contributed by atoms with van der Waals surface area (Å²) in [7, 11) is 0. The summed E-state index contributed by atoms with van der Waals surface area (Å²) in [5, 5.41) is 0.255. The van der Waals surface area contributed by atoms with E-state index in [-0.39, 0.29) is 28.8 Å². The topological polar surface area (TPSA) is 53.5 Å². The number of carbonyl (C=O) groups excluding carboxylic acids is 2. The van der Waals surface area contributed by atoms with Crippen molar-refractivity contribution in [1.29, 1.82) is 0 Å². The van der Waals surface area contributed by atoms with Crippen molar-refractivity contribution in [2.24, 2.45) is 0 Å². The lowest BCUT2D eigenvalue weighted by Crippen LogP contribution is -2.38. The lowest BCUT2D eigenvalue weighted by molar-refractivity contribution is -0.130. The molecule has 2 heterocycles. The molecule has 1 aliphatic rings. The van der Waals surface area contributed by atoms with E-state index in [1.807, 2.05) is 6.92 Å². The van der Waals surface area contributed by atoms with Crippen molar-refractivity contribution in [1.82, 2.24) is 14.8 Å². The largest absolute Gasteiger partial charge is 0.341 e. The Morgan fingerprint density at radius 2 is 1.96 bits per heavy atom. The quantitative estimate of drug-likeness (QED) is 0.802. The lowest BCUT2D eigenvalue weighted by Gasteiger charge is -2.22. The van der Waals surface area contributed by atoms with Crippen LogP contribution in [0.5, 0.6) is 0 Å². The maximum atomic E-state index is 13.9. The molecule has 1 fully saturated rings. The van der Waals surface area contributed by atoms with Gasteiger partial charge in [0.15, 0.2) is 0 Å². The molecule has 0 aliphatic carbocycles. The highest BCUT2D eigenvalue weighted by atomic mass is 35.5. The molecule has 8 heteroatoms. The van der Waals surface area contributed by atoms with Crippen molar-refractivity contribution in [3.05, 3.63) is 50.7 Å². The van der Waals surface area contributed by atoms with Crippen LogP contribution in [0, 0.1) is 12.7 Å². The number of rotatable bonds is 3. The zero-order valence-electron chi connectivity index (χ0n) is 14.4. The molecule has 0 atom stereocenters. The van der Waals surface area contributed by atoms with Crippen LogP contribution >= 0.6 is 22.9 Å². The van der Waals surface area contributed by atoms with Gasteiger partial charge in [-0.25, -0.2) is 9.37 Å². The fourth-order valence-corrected chi connectivity index (χ4v) is 3.98. The molecule has 0 unspecified atom stereocenters. The maximum Gasteiger partial charge on any atom is 0.265 e. The smallest absolute Gasteiger partial charge is 0.265 e. The van der Waals surface area contributed by atoms with Crippen molar-refractivity contribution < 1.29 is 14.0 Å². The number of aryl methyl sites for hydroxylation is 1. The van der Waals surface area contributed by atoms with Gasteiger partial charge in [-0.1, -0.05) is 17.7 Å². The molecule has 3 rings (SSSR count). The van der Waals surface area contributed by atoms with E-state index in [2.05, 4.69) is 4.98 Å². The number of halogens is 2. The average Bonchev–Trinajstić information content (AvgIpc) is 2.89. The monoisotopic (exact) mass is 395 g/mol. The summed E-state index contributed by atoms with van der Waals surface area (Å²) < 4.78 is 13.9. The third kappa shape index (κ3) is 4.04. The molecular weight excluding hydrogens is 377 g/mol. The van der Waals surface area contributed by atoms with Gasteiger partial charge >= 0.3 is 0 Å². The molecule has 0 radical (unpaired) electrons. The highest BCUT2D eigenvalue weighted by molar-refractivity contribution is 7.11. The predicted octanol–water partition coefficient (Wildman–Crippen LogP) is 3.16. The van der Waals surface area contributed by atoms with E-state index in [0.29, 0.717) is 37.5 Å². The first-order valence-electron chi connectivity index (χ1n) is 8.37. The second-order valence-corrected chi connectivity index (χ2v) is 7.43. The maximum absolute atomic E-state index is 13.9. The Bertz CT molecular complexity index is 806. The fourth-order valence-electron chi connectivity index (χ4n) is 2.98. The highest BCUT2D eigenvalue weighted by Gasteiger charge is 2.25. The van der Waals surface area contributed by atoms with Crippen LogP contribution in [0.4, 0.5) is 4.39 Å². The lowest BCUT2D eigenvalue weighted by atomic mass is 10.1. The number of amides is 2. The van der Waals surface area contributed by atoms with E-state index in [1.165, 1.54) is 23.5 Å². The molecule has 2 aromatic rings. The Morgan fingerprint density at radius 3 is 2.65 bits per heavy atom. The van der Waals surface area contributed by atoms with Gasteiger partial charge in [-0.05, 0) is 25.5 Å². The minimum Gasteiger partial charge on any atom is -0.341 e. The van der Waals surface area contributed by atoms with Crippen LogP contribution in [-0.4, -0.2) is 52.8 Å². The first kappa shape index (κ1) is 18.8. The summed E-state index contributed by atoms with van der Waals surface area (Å²) in [4.78, 5) is 33.4. The van der Waals surface area contributed by atoms with Crippen molar-refractivity contribution in [2.75, 3.05) is 26.2 Å². The second-order valence-electron chi connectivity index (χ2n) is 6.17. The van der Waals surface area contributed by atoms with E-state index in [9.17, 15) is 14.0 Å². The van der Waals surface area contributed by atoms with Crippen molar-refractivity contribution in [3.63, 3.8) is 0 Å². The number of thiazole rings is 1. The van der Waals surface area contributed by atoms with Crippen molar-refractivity contribution in [2.45, 2.75) is 19.8 Å². The summed E-state index contributed by atoms with van der Waals surface area (Å²) >= 11 is 7.34. The molecule has 138 valence electrons. The minimum atomic E-state index is -0.474. The summed E-state index contributed by atoms with van der Waals surface area (Å²) in [5.41, 5.74) is 2.61. The number of aromatic nitrogens is 1. The van der Waals surface area contributed by atoms with E-state index in [1.54, 1.807) is 21.4 Å². The van der Waals surface area contributed by atoms with Crippen molar-refractivity contribution in [3.8, 4) is 0 Å². The first-order chi connectivity index (χ1) is 12.5. The molecule has 0 saturated carbocycles. The van der Waals surface area contributed by atoms with Crippen LogP contribution in [0.1, 0.15) is 27.3 Å². The Balaban J connectivity index is 1.64. The molecule has 1 aromatic heterocycles. The molecular formula is C18H19ClFN3O2S. The van der Waals surface area contributed by atoms with Gasteiger partial charge < -0.3 is 9.80 Å². The molecule has 26 heavy (non-hydrogen) atoms. The Kier molecular flexibility index (Phi) is 5.88. The Morgan fingerprint density at radius 1 is 1.23 bits per heavy atom. The summed E-state index contributed by atoms with van der Waals surface area (Å²) in [6.45, 7) is 3.81. The van der Waals surface area contributed by atoms with Gasteiger partial charge in [0.25, 0.3) is 5.91 Å². The van der Waals surface area contributed by atoms with Gasteiger partial charge in [-0.3, -0.25) is 9.59 Å². The van der Waals surface area contributed by atoms with Crippen LogP contribution < -0.4 is 0 Å². The van der Waals surface area contributed by atoms with Gasteiger partial charge in [0.1, 0.15) is 10.7 Å². The first-order valence-corrected chi connectivity index (χ1v) is 9.63. The molecule has 5 nitrogen and oxygen atoms in total. The average molecular weight is 396 g/mol. The van der Waals surface area contributed by atoms with Crippen LogP contribution in [0.2, 0.25) is 5.02 Å². The molecule has 0 bridgehead atoms. The van der Waals surface area contributed by atoms with E-state index in [4.69, 9.17) is 11.6 Å². The van der Waals surface area contributed by atoms with E-state index in [0.717, 1.165) is 5.69 Å². The van der Waals surface area contributed by atoms with Gasteiger partial charge in [-0.2, -0.15) is 0 Å². The Hall–Kier alpha value is -1.99. The number of hydrogen-bond donors (Lipinski definition) is 0. The molecule has 2 amide bonds. The van der Waals surface area contributed by atoms with E-state index >= 15 is 0 Å². The van der Waals surface area contributed by atoms with Gasteiger partial charge in [0.05, 0.1) is 17.6 Å². The predicted molar refractivity (Wildman–Crippen MR) is 99.1 cm³/mol. The van der Waals surface area contributed by atoms with Crippen LogP contribution in [0.3, 0.4) is 0 Å². The molecule has 0 N–H and O–H groups in total. The third-order valence-electron chi connectivity index (χ3n) is 4.47. The minimum absolute atomic E-state index is 0.0450. The number of hydrogen-bond acceptors (Lipinski definition) is 4. The van der Waals surface area contributed by atoms with Crippen LogP contribution in [0.25, 0.3) is 0 Å². The van der Waals surface area contributed by atoms with Crippen LogP contribution in [0.15, 0.2) is 23.7 Å². The molecule has 1 saturated heterocycles. The van der Waals surface area contributed by atoms with Gasteiger partial charge in [0, 0.05) is 36.8 Å². The summed E-state index contributed by atoms with van der Waals surface area (Å²) in [6, 6.07) is 4.39. The second kappa shape index (κ2) is 8.14. The zero-order chi connectivity index (χ0) is 18.7. The number of benzene rings is 1. The Labute approximate surface area is 160 Å². The van der Waals surface area contributed by atoms with E-state index < -0.39 is 5.82 Å². The standard InChI is InChI=1S/C18H19ClFN3O2S/c1-12-17(26-11-21-12)18(25)23-7-3-6-22(8-9-23)16(24)10-13-14(19)4-2-5-15(13)20/h2,4-5,11H,3,6-10H2,1H3. The molecule has 0 spiro atoms. The number of nitrogens with zero attached hydrogens (tertiary/aromatic N) is 3. The third-order valence-corrected chi connectivity index (χ3v) is 5.74. The SMILES string of the molecule is Cc1ncsc1C(=O)N1CCCN(C(=O)Cc2c(F)cccc2Cl)CC1.